The molecule has 0 saturated carbocycles. The number of hydrogen-bond donors (Lipinski definition) is 1. The third-order valence-electron chi connectivity index (χ3n) is 2.06. The number of benzene rings is 1. The lowest BCUT2D eigenvalue weighted by atomic mass is 9.92. The van der Waals surface area contributed by atoms with Crippen LogP contribution >= 0.6 is 11.6 Å². The summed E-state index contributed by atoms with van der Waals surface area (Å²) in [4.78, 5) is 0. The molecular weight excluding hydrogens is 274 g/mol. The van der Waals surface area contributed by atoms with E-state index >= 15 is 0 Å². The number of aliphatic hydroxyl groups is 1. The largest absolute Gasteiger partial charge is 0.430 e. The maximum atomic E-state index is 12.4. The molecule has 1 N–H and O–H groups in total. The first-order valence-electron chi connectivity index (χ1n) is 4.12. The zero-order valence-electron chi connectivity index (χ0n) is 7.90. The molecule has 0 fully saturated rings. The van der Waals surface area contributed by atoms with Crippen LogP contribution in [-0.2, 0) is 5.60 Å². The summed E-state index contributed by atoms with van der Waals surface area (Å²) in [6, 6.07) is 2.91. The van der Waals surface area contributed by atoms with Gasteiger partial charge in [0.15, 0.2) is 0 Å². The molecule has 1 nitrogen and oxygen atoms in total. The van der Waals surface area contributed by atoms with Crippen molar-refractivity contribution in [3.05, 3.63) is 34.9 Å². The first-order valence-corrected chi connectivity index (χ1v) is 4.50. The Hall–Kier alpha value is -0.950. The van der Waals surface area contributed by atoms with Crippen LogP contribution in [0.5, 0.6) is 0 Å². The predicted molar refractivity (Wildman–Crippen MR) is 47.5 cm³/mol. The molecule has 0 unspecified atom stereocenters. The fourth-order valence-electron chi connectivity index (χ4n) is 1.20. The molecule has 0 radical (unpaired) electrons. The molecule has 0 saturated heterocycles. The zero-order valence-corrected chi connectivity index (χ0v) is 8.66. The molecule has 1 aromatic rings. The summed E-state index contributed by atoms with van der Waals surface area (Å²) in [5.41, 5.74) is -6.30. The van der Waals surface area contributed by atoms with Gasteiger partial charge in [-0.15, -0.1) is 0 Å². The Morgan fingerprint density at radius 3 is 1.76 bits per heavy atom. The second-order valence-electron chi connectivity index (χ2n) is 3.22. The summed E-state index contributed by atoms with van der Waals surface area (Å²) in [5, 5.41) is 8.63. The van der Waals surface area contributed by atoms with E-state index in [0.717, 1.165) is 12.1 Å². The molecule has 0 aliphatic carbocycles. The molecule has 1 rings (SSSR count). The predicted octanol–water partition coefficient (Wildman–Crippen LogP) is 3.65. The van der Waals surface area contributed by atoms with Crippen molar-refractivity contribution >= 4 is 11.6 Å². The average molecular weight is 279 g/mol. The van der Waals surface area contributed by atoms with Crippen molar-refractivity contribution in [2.45, 2.75) is 18.0 Å². The first kappa shape index (κ1) is 14.1. The zero-order chi connectivity index (χ0) is 13.5. The summed E-state index contributed by atoms with van der Waals surface area (Å²) < 4.78 is 74.4. The fraction of sp³-hybridized carbons (Fsp3) is 0.333. The van der Waals surface area contributed by atoms with Crippen LogP contribution < -0.4 is 0 Å². The molecule has 0 aromatic heterocycles. The fourth-order valence-corrected chi connectivity index (χ4v) is 1.39. The third-order valence-corrected chi connectivity index (χ3v) is 2.30. The van der Waals surface area contributed by atoms with Crippen LogP contribution in [0.15, 0.2) is 24.3 Å². The number of hydrogen-bond acceptors (Lipinski definition) is 1. The maximum Gasteiger partial charge on any atom is 0.430 e. The van der Waals surface area contributed by atoms with E-state index in [0.29, 0.717) is 12.1 Å². The van der Waals surface area contributed by atoms with Crippen LogP contribution in [0.25, 0.3) is 0 Å². The Morgan fingerprint density at radius 2 is 1.41 bits per heavy atom. The lowest BCUT2D eigenvalue weighted by Crippen LogP contribution is -2.53. The SMILES string of the molecule is OC(c1cccc(Cl)c1)(C(F)(F)F)C(F)(F)F. The van der Waals surface area contributed by atoms with Crippen molar-refractivity contribution in [1.29, 1.82) is 0 Å². The lowest BCUT2D eigenvalue weighted by Gasteiger charge is -2.32. The molecular formula is C9H5ClF6O. The van der Waals surface area contributed by atoms with Crippen molar-refractivity contribution < 1.29 is 31.4 Å². The van der Waals surface area contributed by atoms with Gasteiger partial charge in [-0.1, -0.05) is 23.7 Å². The van der Waals surface area contributed by atoms with E-state index in [4.69, 9.17) is 16.7 Å². The third kappa shape index (κ3) is 2.35. The van der Waals surface area contributed by atoms with Gasteiger partial charge >= 0.3 is 12.4 Å². The molecule has 0 bridgehead atoms. The van der Waals surface area contributed by atoms with Crippen molar-refractivity contribution in [2.24, 2.45) is 0 Å². The standard InChI is InChI=1S/C9H5ClF6O/c10-6-3-1-2-5(4-6)7(17,8(11,12)13)9(14,15)16/h1-4,17H. The molecule has 8 heteroatoms. The summed E-state index contributed by atoms with van der Waals surface area (Å²) in [5.74, 6) is 0. The molecule has 1 aromatic carbocycles. The number of rotatable bonds is 1. The highest BCUT2D eigenvalue weighted by Crippen LogP contribution is 2.50. The minimum Gasteiger partial charge on any atom is -0.369 e. The quantitative estimate of drug-likeness (QED) is 0.778. The van der Waals surface area contributed by atoms with E-state index in [1.807, 2.05) is 0 Å². The van der Waals surface area contributed by atoms with E-state index < -0.39 is 23.5 Å². The van der Waals surface area contributed by atoms with Gasteiger partial charge in [-0.05, 0) is 12.1 Å². The monoisotopic (exact) mass is 278 g/mol. The summed E-state index contributed by atoms with van der Waals surface area (Å²) in [7, 11) is 0. The van der Waals surface area contributed by atoms with E-state index in [1.165, 1.54) is 0 Å². The Bertz CT molecular complexity index is 397. The van der Waals surface area contributed by atoms with Gasteiger partial charge in [0.1, 0.15) is 0 Å². The lowest BCUT2D eigenvalue weighted by molar-refractivity contribution is -0.376. The second kappa shape index (κ2) is 4.06. The number of halogens is 7. The van der Waals surface area contributed by atoms with Gasteiger partial charge in [-0.3, -0.25) is 0 Å². The topological polar surface area (TPSA) is 20.2 Å². The minimum absolute atomic E-state index is 0.338. The van der Waals surface area contributed by atoms with Crippen LogP contribution in [0.4, 0.5) is 26.3 Å². The minimum atomic E-state index is -5.89. The van der Waals surface area contributed by atoms with Crippen LogP contribution in [-0.4, -0.2) is 17.5 Å². The van der Waals surface area contributed by atoms with Gasteiger partial charge < -0.3 is 5.11 Å². The van der Waals surface area contributed by atoms with Crippen LogP contribution in [0.1, 0.15) is 5.56 Å². The molecule has 0 amide bonds. The molecule has 0 spiro atoms. The molecule has 17 heavy (non-hydrogen) atoms. The Labute approximate surface area is 96.6 Å². The van der Waals surface area contributed by atoms with Gasteiger partial charge in [0.25, 0.3) is 5.60 Å². The van der Waals surface area contributed by atoms with Gasteiger partial charge in [-0.2, -0.15) is 26.3 Å². The van der Waals surface area contributed by atoms with Crippen LogP contribution in [0.2, 0.25) is 5.02 Å². The van der Waals surface area contributed by atoms with Crippen molar-refractivity contribution in [2.75, 3.05) is 0 Å². The Balaban J connectivity index is 3.46. The molecule has 0 aliphatic heterocycles. The van der Waals surface area contributed by atoms with Crippen molar-refractivity contribution in [3.63, 3.8) is 0 Å². The van der Waals surface area contributed by atoms with E-state index in [-0.39, 0.29) is 5.02 Å². The van der Waals surface area contributed by atoms with Gasteiger partial charge in [0.05, 0.1) is 0 Å². The Kier molecular flexibility index (Phi) is 3.37. The highest BCUT2D eigenvalue weighted by atomic mass is 35.5. The molecule has 96 valence electrons. The first-order chi connectivity index (χ1) is 7.50. The summed E-state index contributed by atoms with van der Waals surface area (Å²) >= 11 is 5.31. The maximum absolute atomic E-state index is 12.4. The van der Waals surface area contributed by atoms with Gasteiger partial charge in [-0.25, -0.2) is 0 Å². The van der Waals surface area contributed by atoms with Crippen molar-refractivity contribution in [1.82, 2.24) is 0 Å². The number of alkyl halides is 6. The molecule has 0 heterocycles. The van der Waals surface area contributed by atoms with Crippen LogP contribution in [0, 0.1) is 0 Å². The molecule has 0 aliphatic rings. The van der Waals surface area contributed by atoms with Crippen LogP contribution in [0.3, 0.4) is 0 Å². The average Bonchev–Trinajstić information content (AvgIpc) is 2.12. The smallest absolute Gasteiger partial charge is 0.369 e. The summed E-state index contributed by atoms with van der Waals surface area (Å²) in [6.07, 6.45) is -11.8. The Morgan fingerprint density at radius 1 is 0.941 bits per heavy atom. The van der Waals surface area contributed by atoms with E-state index in [9.17, 15) is 26.3 Å². The van der Waals surface area contributed by atoms with E-state index in [2.05, 4.69) is 0 Å². The summed E-state index contributed by atoms with van der Waals surface area (Å²) in [6.45, 7) is 0. The molecule has 0 atom stereocenters. The normalized spacial score (nSPS) is 13.9. The van der Waals surface area contributed by atoms with Gasteiger partial charge in [0.2, 0.25) is 0 Å². The van der Waals surface area contributed by atoms with Gasteiger partial charge in [0, 0.05) is 10.6 Å². The van der Waals surface area contributed by atoms with Crippen molar-refractivity contribution in [3.8, 4) is 0 Å². The van der Waals surface area contributed by atoms with E-state index in [1.54, 1.807) is 0 Å². The highest BCUT2D eigenvalue weighted by molar-refractivity contribution is 6.30. The second-order valence-corrected chi connectivity index (χ2v) is 3.65. The highest BCUT2D eigenvalue weighted by Gasteiger charge is 2.71.